The molecule has 4 aromatic carbocycles. The van der Waals surface area contributed by atoms with E-state index in [1.54, 1.807) is 18.2 Å². The Hall–Kier alpha value is -3.75. The van der Waals surface area contributed by atoms with Crippen molar-refractivity contribution < 1.29 is 26.7 Å². The Morgan fingerprint density at radius 3 is 1.78 bits per heavy atom. The Bertz CT molecular complexity index is 1380. The van der Waals surface area contributed by atoms with Gasteiger partial charge in [-0.15, -0.1) is 0 Å². The average molecular weight is 510 g/mol. The second-order valence-electron chi connectivity index (χ2n) is 8.03. The Morgan fingerprint density at radius 2 is 1.19 bits per heavy atom. The minimum atomic E-state index is -4.35. The molecule has 0 spiro atoms. The van der Waals surface area contributed by atoms with Crippen molar-refractivity contribution in [2.75, 3.05) is 6.54 Å². The third-order valence-corrected chi connectivity index (χ3v) is 6.89. The molecule has 0 fully saturated rings. The number of hydrogen-bond donors (Lipinski definition) is 1. The average Bonchev–Trinajstić information content (AvgIpc) is 2.88. The lowest BCUT2D eigenvalue weighted by Gasteiger charge is -2.15. The van der Waals surface area contributed by atoms with Gasteiger partial charge in [0.1, 0.15) is 24.8 Å². The highest BCUT2D eigenvalue weighted by Crippen LogP contribution is 2.30. The Kier molecular flexibility index (Phi) is 8.30. The van der Waals surface area contributed by atoms with Crippen molar-refractivity contribution in [3.63, 3.8) is 0 Å². The molecule has 0 bridgehead atoms. The summed E-state index contributed by atoms with van der Waals surface area (Å²) in [4.78, 5) is -0.985. The number of nitrogens with one attached hydrogen (secondary N) is 1. The summed E-state index contributed by atoms with van der Waals surface area (Å²) in [6.45, 7) is 0.625. The minimum Gasteiger partial charge on any atom is -0.485 e. The molecule has 0 saturated heterocycles. The molecule has 0 aliphatic carbocycles. The van der Waals surface area contributed by atoms with E-state index in [-0.39, 0.29) is 13.0 Å². The van der Waals surface area contributed by atoms with E-state index in [0.717, 1.165) is 34.9 Å². The summed E-state index contributed by atoms with van der Waals surface area (Å²) in [6.07, 6.45) is 0.274. The third kappa shape index (κ3) is 6.68. The van der Waals surface area contributed by atoms with Crippen molar-refractivity contribution in [3.8, 4) is 11.5 Å². The van der Waals surface area contributed by atoms with Crippen LogP contribution in [0.15, 0.2) is 102 Å². The van der Waals surface area contributed by atoms with E-state index in [4.69, 9.17) is 9.47 Å². The number of hydrogen-bond acceptors (Lipinski definition) is 4. The zero-order chi connectivity index (χ0) is 25.4. The van der Waals surface area contributed by atoms with E-state index >= 15 is 0 Å². The normalized spacial score (nSPS) is 11.3. The lowest BCUT2D eigenvalue weighted by Crippen LogP contribution is -2.27. The van der Waals surface area contributed by atoms with Crippen LogP contribution in [0, 0.1) is 11.6 Å². The van der Waals surface area contributed by atoms with Crippen LogP contribution in [-0.4, -0.2) is 15.0 Å². The molecule has 0 saturated carbocycles. The highest BCUT2D eigenvalue weighted by Gasteiger charge is 2.23. The predicted octanol–water partition coefficient (Wildman–Crippen LogP) is 5.64. The van der Waals surface area contributed by atoms with Gasteiger partial charge in [0.25, 0.3) is 0 Å². The molecular weight excluding hydrogens is 484 g/mol. The maximum absolute atomic E-state index is 13.9. The van der Waals surface area contributed by atoms with Crippen LogP contribution in [0.1, 0.15) is 16.7 Å². The van der Waals surface area contributed by atoms with Gasteiger partial charge in [-0.2, -0.15) is 0 Å². The lowest BCUT2D eigenvalue weighted by atomic mass is 10.1. The fraction of sp³-hybridized carbons (Fsp3) is 0.143. The van der Waals surface area contributed by atoms with Crippen LogP contribution in [0.5, 0.6) is 11.5 Å². The van der Waals surface area contributed by atoms with E-state index < -0.39 is 26.6 Å². The van der Waals surface area contributed by atoms with Crippen molar-refractivity contribution in [2.24, 2.45) is 0 Å². The van der Waals surface area contributed by atoms with Crippen molar-refractivity contribution >= 4 is 10.0 Å². The largest absolute Gasteiger partial charge is 0.485 e. The first-order chi connectivity index (χ1) is 17.4. The van der Waals surface area contributed by atoms with Gasteiger partial charge >= 0.3 is 0 Å². The van der Waals surface area contributed by atoms with E-state index in [0.29, 0.717) is 24.7 Å². The summed E-state index contributed by atoms with van der Waals surface area (Å²) < 4.78 is 67.0. The van der Waals surface area contributed by atoms with Crippen LogP contribution in [0.25, 0.3) is 0 Å². The molecule has 0 unspecified atom stereocenters. The van der Waals surface area contributed by atoms with Gasteiger partial charge in [-0.25, -0.2) is 21.9 Å². The molecule has 0 amide bonds. The van der Waals surface area contributed by atoms with Crippen LogP contribution in [0.3, 0.4) is 0 Å². The molecule has 0 aliphatic rings. The Labute approximate surface area is 209 Å². The molecule has 0 atom stereocenters. The van der Waals surface area contributed by atoms with E-state index in [9.17, 15) is 17.2 Å². The molecule has 4 aromatic rings. The predicted molar refractivity (Wildman–Crippen MR) is 133 cm³/mol. The smallest absolute Gasteiger partial charge is 0.246 e. The SMILES string of the molecule is O=S(=O)(NCCc1ccc(OCc2ccccc2)c(OCc2ccccc2)c1)c1c(F)cccc1F. The van der Waals surface area contributed by atoms with Gasteiger partial charge in [-0.1, -0.05) is 72.8 Å². The van der Waals surface area contributed by atoms with Gasteiger partial charge < -0.3 is 9.47 Å². The maximum atomic E-state index is 13.9. The molecule has 186 valence electrons. The van der Waals surface area contributed by atoms with Crippen molar-refractivity contribution in [1.29, 1.82) is 0 Å². The number of benzene rings is 4. The first-order valence-electron chi connectivity index (χ1n) is 11.3. The Morgan fingerprint density at radius 1 is 0.639 bits per heavy atom. The summed E-state index contributed by atoms with van der Waals surface area (Å²) in [5.74, 6) is -1.22. The van der Waals surface area contributed by atoms with Gasteiger partial charge in [-0.3, -0.25) is 0 Å². The molecule has 0 aromatic heterocycles. The van der Waals surface area contributed by atoms with Crippen molar-refractivity contribution in [2.45, 2.75) is 24.5 Å². The van der Waals surface area contributed by atoms with Gasteiger partial charge in [0.2, 0.25) is 10.0 Å². The zero-order valence-corrected chi connectivity index (χ0v) is 20.2. The number of sulfonamides is 1. The quantitative estimate of drug-likeness (QED) is 0.284. The summed E-state index contributed by atoms with van der Waals surface area (Å²) >= 11 is 0. The molecule has 0 radical (unpaired) electrons. The van der Waals surface area contributed by atoms with Gasteiger partial charge in [0.05, 0.1) is 0 Å². The topological polar surface area (TPSA) is 64.6 Å². The molecule has 8 heteroatoms. The standard InChI is InChI=1S/C28H25F2NO4S/c29-24-12-7-13-25(30)28(24)36(32,33)31-17-16-21-14-15-26(34-19-22-8-3-1-4-9-22)27(18-21)35-20-23-10-5-2-6-11-23/h1-15,18,31H,16-17,19-20H2. The monoisotopic (exact) mass is 509 g/mol. The van der Waals surface area contributed by atoms with Crippen LogP contribution in [0.4, 0.5) is 8.78 Å². The van der Waals surface area contributed by atoms with Gasteiger partial charge in [-0.05, 0) is 47.4 Å². The van der Waals surface area contributed by atoms with Gasteiger partial charge in [0.15, 0.2) is 16.4 Å². The zero-order valence-electron chi connectivity index (χ0n) is 19.4. The van der Waals surface area contributed by atoms with Crippen molar-refractivity contribution in [3.05, 3.63) is 125 Å². The van der Waals surface area contributed by atoms with E-state index in [1.807, 2.05) is 60.7 Å². The first kappa shape index (κ1) is 25.3. The minimum absolute atomic E-state index is 0.0571. The Balaban J connectivity index is 1.46. The molecule has 0 aliphatic heterocycles. The van der Waals surface area contributed by atoms with Crippen LogP contribution < -0.4 is 14.2 Å². The second-order valence-corrected chi connectivity index (χ2v) is 9.73. The fourth-order valence-corrected chi connectivity index (χ4v) is 4.72. The first-order valence-corrected chi connectivity index (χ1v) is 12.8. The highest BCUT2D eigenvalue weighted by atomic mass is 32.2. The lowest BCUT2D eigenvalue weighted by molar-refractivity contribution is 0.255. The van der Waals surface area contributed by atoms with Crippen LogP contribution in [-0.2, 0) is 29.7 Å². The van der Waals surface area contributed by atoms with Crippen molar-refractivity contribution in [1.82, 2.24) is 4.72 Å². The molecule has 1 N–H and O–H groups in total. The number of ether oxygens (including phenoxy) is 2. The molecule has 36 heavy (non-hydrogen) atoms. The van der Waals surface area contributed by atoms with E-state index in [1.165, 1.54) is 0 Å². The molecule has 5 nitrogen and oxygen atoms in total. The summed E-state index contributed by atoms with van der Waals surface area (Å²) in [7, 11) is -4.35. The summed E-state index contributed by atoms with van der Waals surface area (Å²) in [5.41, 5.74) is 2.75. The summed E-state index contributed by atoms with van der Waals surface area (Å²) in [6, 6.07) is 27.7. The molecular formula is C28H25F2NO4S. The van der Waals surface area contributed by atoms with Crippen LogP contribution >= 0.6 is 0 Å². The maximum Gasteiger partial charge on any atom is 0.246 e. The summed E-state index contributed by atoms with van der Waals surface area (Å²) in [5, 5.41) is 0. The highest BCUT2D eigenvalue weighted by molar-refractivity contribution is 7.89. The molecule has 4 rings (SSSR count). The molecule has 0 heterocycles. The van der Waals surface area contributed by atoms with Gasteiger partial charge in [0, 0.05) is 6.54 Å². The van der Waals surface area contributed by atoms with Crippen LogP contribution in [0.2, 0.25) is 0 Å². The number of rotatable bonds is 11. The third-order valence-electron chi connectivity index (χ3n) is 5.38. The second kappa shape index (κ2) is 11.8. The fourth-order valence-electron chi connectivity index (χ4n) is 3.55. The van der Waals surface area contributed by atoms with E-state index in [2.05, 4.69) is 4.72 Å². The number of halogens is 2.